The molecule has 3 rings (SSSR count). The summed E-state index contributed by atoms with van der Waals surface area (Å²) in [4.78, 5) is 1.02. The average Bonchev–Trinajstić information content (AvgIpc) is 2.70. The molecule has 1 nitrogen and oxygen atoms in total. The number of hydrogen-bond donors (Lipinski definition) is 0. The lowest BCUT2D eigenvalue weighted by Crippen LogP contribution is -2.16. The van der Waals surface area contributed by atoms with Crippen molar-refractivity contribution in [2.75, 3.05) is 0 Å². The van der Waals surface area contributed by atoms with Gasteiger partial charge in [0, 0.05) is 4.90 Å². The molecule has 2 unspecified atom stereocenters. The van der Waals surface area contributed by atoms with E-state index in [-0.39, 0.29) is 5.25 Å². The zero-order valence-electron chi connectivity index (χ0n) is 16.8. The van der Waals surface area contributed by atoms with Gasteiger partial charge in [-0.25, -0.2) is 0 Å². The average molecular weight is 383 g/mol. The van der Waals surface area contributed by atoms with Crippen LogP contribution in [0, 0.1) is 0 Å². The first kappa shape index (κ1) is 20.3. The highest BCUT2D eigenvalue weighted by atomic mass is 32.2. The van der Waals surface area contributed by atoms with Crippen molar-refractivity contribution in [3.63, 3.8) is 0 Å². The summed E-state index contributed by atoms with van der Waals surface area (Å²) in [5.74, 6) is 0. The van der Waals surface area contributed by atoms with Gasteiger partial charge in [-0.2, -0.15) is 0 Å². The zero-order valence-corrected chi connectivity index (χ0v) is 17.6. The Balaban J connectivity index is 1.40. The van der Waals surface area contributed by atoms with E-state index in [1.807, 2.05) is 0 Å². The van der Waals surface area contributed by atoms with Crippen LogP contribution in [-0.2, 0) is 10.8 Å². The van der Waals surface area contributed by atoms with Crippen molar-refractivity contribution >= 4 is 27.6 Å². The first-order valence-electron chi connectivity index (χ1n) is 10.9. The molecule has 0 aliphatic carbocycles. The summed E-state index contributed by atoms with van der Waals surface area (Å²) < 4.78 is 13.0. The van der Waals surface area contributed by atoms with E-state index in [0.717, 1.165) is 16.9 Å². The minimum absolute atomic E-state index is 0.188. The lowest BCUT2D eigenvalue weighted by molar-refractivity contribution is 0.550. The third-order valence-corrected chi connectivity index (χ3v) is 7.43. The second kappa shape index (κ2) is 10.8. The molecule has 2 heteroatoms. The lowest BCUT2D eigenvalue weighted by Gasteiger charge is -2.19. The molecule has 0 amide bonds. The van der Waals surface area contributed by atoms with Gasteiger partial charge in [0.15, 0.2) is 0 Å². The van der Waals surface area contributed by atoms with Crippen molar-refractivity contribution in [3.05, 3.63) is 48.0 Å². The Morgan fingerprint density at radius 3 is 2.07 bits per heavy atom. The molecular weight excluding hydrogens is 348 g/mol. The molecule has 0 spiro atoms. The predicted octanol–water partition coefficient (Wildman–Crippen LogP) is 7.65. The van der Waals surface area contributed by atoms with Crippen LogP contribution in [0.5, 0.6) is 0 Å². The van der Waals surface area contributed by atoms with E-state index >= 15 is 0 Å². The van der Waals surface area contributed by atoms with E-state index in [0.29, 0.717) is 0 Å². The van der Waals surface area contributed by atoms with Crippen molar-refractivity contribution in [3.8, 4) is 0 Å². The van der Waals surface area contributed by atoms with E-state index in [2.05, 4.69) is 55.5 Å². The molecule has 0 saturated carbocycles. The molecule has 0 fully saturated rings. The number of unbranched alkanes of at least 4 members (excludes halogenated alkanes) is 9. The van der Waals surface area contributed by atoms with Crippen molar-refractivity contribution in [1.82, 2.24) is 0 Å². The second-order valence-corrected chi connectivity index (χ2v) is 9.54. The highest BCUT2D eigenvalue weighted by molar-refractivity contribution is 7.86. The maximum Gasteiger partial charge on any atom is 0.0605 e. The molecular formula is C25H34OS. The fraction of sp³-hybridized carbons (Fsp3) is 0.520. The third kappa shape index (κ3) is 5.78. The molecule has 1 aliphatic rings. The Morgan fingerprint density at radius 1 is 0.815 bits per heavy atom. The van der Waals surface area contributed by atoms with E-state index in [9.17, 15) is 4.21 Å². The highest BCUT2D eigenvalue weighted by Gasteiger charge is 2.22. The maximum atomic E-state index is 13.0. The smallest absolute Gasteiger partial charge is 0.0605 e. The van der Waals surface area contributed by atoms with E-state index in [1.54, 1.807) is 0 Å². The van der Waals surface area contributed by atoms with Gasteiger partial charge in [-0.15, -0.1) is 0 Å². The largest absolute Gasteiger partial charge is 0.254 e. The first-order valence-corrected chi connectivity index (χ1v) is 12.1. The van der Waals surface area contributed by atoms with E-state index in [1.165, 1.54) is 75.0 Å². The fourth-order valence-electron chi connectivity index (χ4n) is 4.02. The molecule has 2 aromatic rings. The van der Waals surface area contributed by atoms with Crippen LogP contribution in [0.3, 0.4) is 0 Å². The summed E-state index contributed by atoms with van der Waals surface area (Å²) in [6.07, 6.45) is 18.9. The number of rotatable bonds is 11. The van der Waals surface area contributed by atoms with Crippen molar-refractivity contribution in [2.24, 2.45) is 0 Å². The topological polar surface area (TPSA) is 17.1 Å². The van der Waals surface area contributed by atoms with E-state index < -0.39 is 10.8 Å². The van der Waals surface area contributed by atoms with Crippen LogP contribution in [0.15, 0.2) is 47.4 Å². The molecule has 0 saturated heterocycles. The molecule has 0 radical (unpaired) electrons. The van der Waals surface area contributed by atoms with Gasteiger partial charge in [0.05, 0.1) is 16.0 Å². The molecule has 2 aromatic carbocycles. The summed E-state index contributed by atoms with van der Waals surface area (Å²) in [5, 5.41) is 2.61. The molecule has 1 heterocycles. The van der Waals surface area contributed by atoms with Gasteiger partial charge in [0.1, 0.15) is 0 Å². The van der Waals surface area contributed by atoms with Gasteiger partial charge >= 0.3 is 0 Å². The van der Waals surface area contributed by atoms with Gasteiger partial charge in [-0.1, -0.05) is 108 Å². The maximum absolute atomic E-state index is 13.0. The first-order chi connectivity index (χ1) is 13.3. The standard InChI is InChI=1S/C25H34OS/c1-2-3-4-5-6-7-8-9-10-11-16-24-18-17-23-19-21-14-12-13-15-22(21)20-25(23)27(24)26/h12-15,17-20,24H,2-11,16H2,1H3. The van der Waals surface area contributed by atoms with Gasteiger partial charge < -0.3 is 0 Å². The Morgan fingerprint density at radius 2 is 1.41 bits per heavy atom. The summed E-state index contributed by atoms with van der Waals surface area (Å²) in [7, 11) is -0.909. The molecule has 0 aromatic heterocycles. The third-order valence-electron chi connectivity index (χ3n) is 5.70. The molecule has 27 heavy (non-hydrogen) atoms. The SMILES string of the molecule is CCCCCCCCCCCCC1C=Cc2cc3ccccc3cc2S1=O. The lowest BCUT2D eigenvalue weighted by atomic mass is 10.0. The summed E-state index contributed by atoms with van der Waals surface area (Å²) >= 11 is 0. The Kier molecular flexibility index (Phi) is 8.13. The molecule has 2 atom stereocenters. The second-order valence-electron chi connectivity index (χ2n) is 7.90. The van der Waals surface area contributed by atoms with Crippen LogP contribution in [0.1, 0.15) is 83.1 Å². The van der Waals surface area contributed by atoms with Gasteiger partial charge in [-0.3, -0.25) is 4.21 Å². The minimum atomic E-state index is -0.909. The van der Waals surface area contributed by atoms with Crippen LogP contribution in [0.2, 0.25) is 0 Å². The predicted molar refractivity (Wildman–Crippen MR) is 120 cm³/mol. The Hall–Kier alpha value is -1.41. The molecule has 0 bridgehead atoms. The van der Waals surface area contributed by atoms with Crippen LogP contribution >= 0.6 is 0 Å². The summed E-state index contributed by atoms with van der Waals surface area (Å²) in [6, 6.07) is 12.7. The molecule has 146 valence electrons. The number of hydrogen-bond acceptors (Lipinski definition) is 1. The van der Waals surface area contributed by atoms with Gasteiger partial charge in [0.2, 0.25) is 0 Å². The van der Waals surface area contributed by atoms with Crippen molar-refractivity contribution in [1.29, 1.82) is 0 Å². The molecule has 0 N–H and O–H groups in total. The monoisotopic (exact) mass is 382 g/mol. The van der Waals surface area contributed by atoms with Crippen LogP contribution in [-0.4, -0.2) is 9.46 Å². The fourth-order valence-corrected chi connectivity index (χ4v) is 5.55. The van der Waals surface area contributed by atoms with Gasteiger partial charge in [0.25, 0.3) is 0 Å². The van der Waals surface area contributed by atoms with Crippen molar-refractivity contribution < 1.29 is 4.21 Å². The summed E-state index contributed by atoms with van der Waals surface area (Å²) in [6.45, 7) is 2.27. The highest BCUT2D eigenvalue weighted by Crippen LogP contribution is 2.31. The Labute approximate surface area is 167 Å². The van der Waals surface area contributed by atoms with Crippen LogP contribution in [0.25, 0.3) is 16.8 Å². The quantitative estimate of drug-likeness (QED) is 0.365. The summed E-state index contributed by atoms with van der Waals surface area (Å²) in [5.41, 5.74) is 1.13. The number of fused-ring (bicyclic) bond motifs is 2. The zero-order chi connectivity index (χ0) is 18.9. The molecule has 1 aliphatic heterocycles. The van der Waals surface area contributed by atoms with Crippen molar-refractivity contribution in [2.45, 2.75) is 87.7 Å². The normalized spacial score (nSPS) is 18.7. The van der Waals surface area contributed by atoms with E-state index in [4.69, 9.17) is 0 Å². The van der Waals surface area contributed by atoms with Crippen LogP contribution < -0.4 is 0 Å². The van der Waals surface area contributed by atoms with Crippen LogP contribution in [0.4, 0.5) is 0 Å². The Bertz CT molecular complexity index is 777. The van der Waals surface area contributed by atoms with Gasteiger partial charge in [-0.05, 0) is 34.9 Å². The minimum Gasteiger partial charge on any atom is -0.254 e. The number of benzene rings is 2.